The van der Waals surface area contributed by atoms with Crippen molar-refractivity contribution < 1.29 is 0 Å². The highest BCUT2D eigenvalue weighted by Crippen LogP contribution is 2.53. The molecule has 4 nitrogen and oxygen atoms in total. The van der Waals surface area contributed by atoms with E-state index in [0.29, 0.717) is 11.1 Å². The standard InChI is InChI=1S/C50H34N4/c1-49(2)39-17-9-5-13-31(39)35-25-45-37(23-41(35)49)33-15-7-11-19-43(33)53(45)47-21-29(27-51)30(28-52)22-48(47)54-44-20-12-8-16-34(44)38-24-42-36(26-46(38)54)32-14-6-10-18-40(32)50(42,3)4/h5-26H,1-4H3. The van der Waals surface area contributed by atoms with Gasteiger partial charge >= 0.3 is 0 Å². The fraction of sp³-hybridized carbons (Fsp3) is 0.120. The largest absolute Gasteiger partial charge is 0.307 e. The Labute approximate surface area is 313 Å². The summed E-state index contributed by atoms with van der Waals surface area (Å²) >= 11 is 0. The van der Waals surface area contributed by atoms with E-state index in [1.165, 1.54) is 44.5 Å². The Morgan fingerprint density at radius 3 is 1.20 bits per heavy atom. The van der Waals surface area contributed by atoms with Gasteiger partial charge in [-0.2, -0.15) is 10.5 Å². The van der Waals surface area contributed by atoms with Crippen LogP contribution in [0.25, 0.3) is 77.2 Å². The molecule has 54 heavy (non-hydrogen) atoms. The van der Waals surface area contributed by atoms with Crippen molar-refractivity contribution in [2.45, 2.75) is 38.5 Å². The second-order valence-corrected chi connectivity index (χ2v) is 16.0. The van der Waals surface area contributed by atoms with Crippen molar-refractivity contribution in [2.24, 2.45) is 0 Å². The summed E-state index contributed by atoms with van der Waals surface area (Å²) < 4.78 is 4.64. The fourth-order valence-corrected chi connectivity index (χ4v) is 9.97. The molecule has 2 aromatic heterocycles. The zero-order chi connectivity index (χ0) is 36.7. The Hall–Kier alpha value is -6.88. The van der Waals surface area contributed by atoms with Crippen LogP contribution in [-0.4, -0.2) is 9.13 Å². The number of aromatic nitrogens is 2. The van der Waals surface area contributed by atoms with Crippen molar-refractivity contribution in [1.29, 1.82) is 10.5 Å². The lowest BCUT2D eigenvalue weighted by molar-refractivity contribution is 0.661. The Balaban J connectivity index is 1.30. The van der Waals surface area contributed by atoms with Crippen LogP contribution in [0.5, 0.6) is 0 Å². The molecule has 0 radical (unpaired) electrons. The maximum Gasteiger partial charge on any atom is 0.101 e. The van der Waals surface area contributed by atoms with E-state index in [1.54, 1.807) is 0 Å². The van der Waals surface area contributed by atoms with Gasteiger partial charge in [0.05, 0.1) is 44.6 Å². The molecule has 0 bridgehead atoms. The monoisotopic (exact) mass is 690 g/mol. The second-order valence-electron chi connectivity index (χ2n) is 16.0. The Bertz CT molecular complexity index is 3020. The van der Waals surface area contributed by atoms with E-state index >= 15 is 0 Å². The van der Waals surface area contributed by atoms with Crippen LogP contribution < -0.4 is 0 Å². The summed E-state index contributed by atoms with van der Waals surface area (Å²) in [4.78, 5) is 0. The molecule has 0 unspecified atom stereocenters. The second kappa shape index (κ2) is 10.4. The summed E-state index contributed by atoms with van der Waals surface area (Å²) in [5.74, 6) is 0. The van der Waals surface area contributed by atoms with Crippen LogP contribution in [-0.2, 0) is 10.8 Å². The lowest BCUT2D eigenvalue weighted by Crippen LogP contribution is -2.14. The first kappa shape index (κ1) is 30.7. The molecule has 0 spiro atoms. The van der Waals surface area contributed by atoms with E-state index in [4.69, 9.17) is 0 Å². The molecule has 254 valence electrons. The molecule has 0 atom stereocenters. The summed E-state index contributed by atoms with van der Waals surface area (Å²) in [6.07, 6.45) is 0. The van der Waals surface area contributed by atoms with Crippen LogP contribution in [0, 0.1) is 22.7 Å². The predicted molar refractivity (Wildman–Crippen MR) is 220 cm³/mol. The lowest BCUT2D eigenvalue weighted by atomic mass is 9.82. The first-order chi connectivity index (χ1) is 26.2. The number of fused-ring (bicyclic) bond motifs is 12. The minimum Gasteiger partial charge on any atom is -0.307 e. The van der Waals surface area contributed by atoms with E-state index in [0.717, 1.165) is 55.0 Å². The molecular formula is C50H34N4. The summed E-state index contributed by atoms with van der Waals surface area (Å²) in [6.45, 7) is 9.27. The highest BCUT2D eigenvalue weighted by molar-refractivity contribution is 6.14. The van der Waals surface area contributed by atoms with Gasteiger partial charge in [0, 0.05) is 32.4 Å². The molecule has 2 heterocycles. The molecular weight excluding hydrogens is 657 g/mol. The molecule has 2 aliphatic rings. The summed E-state index contributed by atoms with van der Waals surface area (Å²) in [5.41, 5.74) is 16.6. The topological polar surface area (TPSA) is 57.4 Å². The van der Waals surface area contributed by atoms with Crippen LogP contribution in [0.1, 0.15) is 61.1 Å². The van der Waals surface area contributed by atoms with Crippen molar-refractivity contribution in [2.75, 3.05) is 0 Å². The fourth-order valence-electron chi connectivity index (χ4n) is 9.97. The third-order valence-electron chi connectivity index (χ3n) is 12.6. The molecule has 7 aromatic carbocycles. The Morgan fingerprint density at radius 2 is 0.778 bits per heavy atom. The molecule has 4 heteroatoms. The van der Waals surface area contributed by atoms with E-state index in [-0.39, 0.29) is 10.8 Å². The first-order valence-corrected chi connectivity index (χ1v) is 18.6. The maximum atomic E-state index is 10.5. The molecule has 11 rings (SSSR count). The van der Waals surface area contributed by atoms with E-state index in [1.807, 2.05) is 12.1 Å². The third kappa shape index (κ3) is 3.75. The predicted octanol–water partition coefficient (Wildman–Crippen LogP) is 12.2. The van der Waals surface area contributed by atoms with Crippen molar-refractivity contribution in [3.8, 4) is 45.8 Å². The zero-order valence-electron chi connectivity index (χ0n) is 30.5. The van der Waals surface area contributed by atoms with Crippen LogP contribution in [0.3, 0.4) is 0 Å². The van der Waals surface area contributed by atoms with Gasteiger partial charge in [-0.05, 0) is 93.0 Å². The van der Waals surface area contributed by atoms with E-state index in [2.05, 4.69) is 170 Å². The van der Waals surface area contributed by atoms with Crippen LogP contribution in [0.4, 0.5) is 0 Å². The SMILES string of the molecule is CC1(C)c2ccccc2-c2cc3c(cc21)c1ccccc1n3-c1cc(C#N)c(C#N)cc1-n1c2ccccc2c2cc3c(cc21)-c1ccccc1C3(C)C. The Morgan fingerprint density at radius 1 is 0.389 bits per heavy atom. The van der Waals surface area contributed by atoms with Gasteiger partial charge in [-0.3, -0.25) is 0 Å². The average molecular weight is 691 g/mol. The van der Waals surface area contributed by atoms with Crippen molar-refractivity contribution in [3.05, 3.63) is 167 Å². The summed E-state index contributed by atoms with van der Waals surface area (Å²) in [6, 6.07) is 52.7. The molecule has 0 saturated heterocycles. The maximum absolute atomic E-state index is 10.5. The summed E-state index contributed by atoms with van der Waals surface area (Å²) in [5, 5.41) is 25.6. The highest BCUT2D eigenvalue weighted by atomic mass is 15.1. The number of nitrogens with zero attached hydrogens (tertiary/aromatic N) is 4. The minimum absolute atomic E-state index is 0.146. The quantitative estimate of drug-likeness (QED) is 0.181. The normalized spacial score (nSPS) is 14.6. The summed E-state index contributed by atoms with van der Waals surface area (Å²) in [7, 11) is 0. The molecule has 0 aliphatic heterocycles. The van der Waals surface area contributed by atoms with Gasteiger partial charge in [-0.25, -0.2) is 0 Å². The van der Waals surface area contributed by atoms with Crippen molar-refractivity contribution in [1.82, 2.24) is 9.13 Å². The molecule has 0 amide bonds. The first-order valence-electron chi connectivity index (χ1n) is 18.6. The van der Waals surface area contributed by atoms with Crippen LogP contribution in [0.15, 0.2) is 133 Å². The number of benzene rings is 7. The minimum atomic E-state index is -0.146. The van der Waals surface area contributed by atoms with Crippen molar-refractivity contribution >= 4 is 43.6 Å². The average Bonchev–Trinajstić information content (AvgIpc) is 3.84. The number of hydrogen-bond acceptors (Lipinski definition) is 2. The lowest BCUT2D eigenvalue weighted by Gasteiger charge is -2.22. The van der Waals surface area contributed by atoms with Gasteiger partial charge in [0.25, 0.3) is 0 Å². The number of nitriles is 2. The number of rotatable bonds is 2. The molecule has 9 aromatic rings. The third-order valence-corrected chi connectivity index (χ3v) is 12.6. The van der Waals surface area contributed by atoms with Crippen LogP contribution in [0.2, 0.25) is 0 Å². The van der Waals surface area contributed by atoms with Gasteiger partial charge in [0.1, 0.15) is 12.1 Å². The van der Waals surface area contributed by atoms with Crippen molar-refractivity contribution in [3.63, 3.8) is 0 Å². The van der Waals surface area contributed by atoms with E-state index < -0.39 is 0 Å². The van der Waals surface area contributed by atoms with Crippen LogP contribution >= 0.6 is 0 Å². The zero-order valence-corrected chi connectivity index (χ0v) is 30.5. The molecule has 0 fully saturated rings. The van der Waals surface area contributed by atoms with Gasteiger partial charge < -0.3 is 9.13 Å². The van der Waals surface area contributed by atoms with Gasteiger partial charge in [-0.15, -0.1) is 0 Å². The highest BCUT2D eigenvalue weighted by Gasteiger charge is 2.38. The Kier molecular flexibility index (Phi) is 5.90. The number of para-hydroxylation sites is 2. The molecule has 2 aliphatic carbocycles. The van der Waals surface area contributed by atoms with E-state index in [9.17, 15) is 10.5 Å². The van der Waals surface area contributed by atoms with Gasteiger partial charge in [0.15, 0.2) is 0 Å². The molecule has 0 saturated carbocycles. The van der Waals surface area contributed by atoms with Gasteiger partial charge in [-0.1, -0.05) is 113 Å². The number of hydrogen-bond donors (Lipinski definition) is 0. The smallest absolute Gasteiger partial charge is 0.101 e. The molecule has 0 N–H and O–H groups in total. The van der Waals surface area contributed by atoms with Gasteiger partial charge in [0.2, 0.25) is 0 Å².